The molecule has 0 aliphatic heterocycles. The summed E-state index contributed by atoms with van der Waals surface area (Å²) >= 11 is 0. The minimum Gasteiger partial charge on any atom is -0.354 e. The van der Waals surface area contributed by atoms with E-state index in [1.165, 1.54) is 24.3 Å². The third kappa shape index (κ3) is 2.18. The number of benzene rings is 2. The number of nitrogens with two attached hydrogens (primary N) is 1. The Labute approximate surface area is 115 Å². The fourth-order valence-electron chi connectivity index (χ4n) is 2.49. The summed E-state index contributed by atoms with van der Waals surface area (Å²) in [5.74, 6) is -0.559. The van der Waals surface area contributed by atoms with E-state index in [1.807, 2.05) is 0 Å². The molecule has 3 rings (SSSR count). The maximum Gasteiger partial charge on any atom is 0.123 e. The molecular weight excluding hydrogens is 258 g/mol. The topological polar surface area (TPSA) is 41.8 Å². The van der Waals surface area contributed by atoms with Crippen LogP contribution in [-0.2, 0) is 6.42 Å². The van der Waals surface area contributed by atoms with Crippen molar-refractivity contribution in [3.8, 4) is 11.3 Å². The Morgan fingerprint density at radius 2 is 1.65 bits per heavy atom. The van der Waals surface area contributed by atoms with Crippen LogP contribution >= 0.6 is 0 Å². The Morgan fingerprint density at radius 1 is 0.950 bits per heavy atom. The van der Waals surface area contributed by atoms with Crippen molar-refractivity contribution >= 4 is 10.9 Å². The Bertz CT molecular complexity index is 745. The molecule has 0 saturated heterocycles. The van der Waals surface area contributed by atoms with Gasteiger partial charge in [-0.1, -0.05) is 0 Å². The highest BCUT2D eigenvalue weighted by Gasteiger charge is 2.13. The summed E-state index contributed by atoms with van der Waals surface area (Å²) in [6.07, 6.45) is 0.635. The number of aromatic amines is 1. The molecule has 0 aliphatic rings. The molecule has 0 saturated carbocycles. The number of rotatable bonds is 3. The Balaban J connectivity index is 2.23. The lowest BCUT2D eigenvalue weighted by Crippen LogP contribution is -2.03. The average molecular weight is 272 g/mol. The summed E-state index contributed by atoms with van der Waals surface area (Å²) in [7, 11) is 0. The van der Waals surface area contributed by atoms with Gasteiger partial charge in [0.2, 0.25) is 0 Å². The predicted octanol–water partition coefficient (Wildman–Crippen LogP) is 3.61. The summed E-state index contributed by atoms with van der Waals surface area (Å²) in [6.45, 7) is 0.470. The minimum atomic E-state index is -0.281. The molecule has 1 heterocycles. The van der Waals surface area contributed by atoms with Gasteiger partial charge in [-0.3, -0.25) is 0 Å². The summed E-state index contributed by atoms with van der Waals surface area (Å²) in [5, 5.41) is 0.828. The molecule has 0 fully saturated rings. The average Bonchev–Trinajstić information content (AvgIpc) is 2.79. The molecule has 0 radical (unpaired) electrons. The fraction of sp³-hybridized carbons (Fsp3) is 0.125. The van der Waals surface area contributed by atoms with E-state index in [0.29, 0.717) is 13.0 Å². The molecule has 2 nitrogen and oxygen atoms in total. The molecule has 4 heteroatoms. The van der Waals surface area contributed by atoms with Crippen molar-refractivity contribution in [1.29, 1.82) is 0 Å². The molecule has 0 aliphatic carbocycles. The van der Waals surface area contributed by atoms with Crippen molar-refractivity contribution in [2.24, 2.45) is 5.73 Å². The minimum absolute atomic E-state index is 0.277. The maximum absolute atomic E-state index is 13.4. The highest BCUT2D eigenvalue weighted by atomic mass is 19.1. The largest absolute Gasteiger partial charge is 0.354 e. The van der Waals surface area contributed by atoms with Crippen molar-refractivity contribution in [2.45, 2.75) is 6.42 Å². The second-order valence-corrected chi connectivity index (χ2v) is 4.71. The van der Waals surface area contributed by atoms with Gasteiger partial charge in [-0.05, 0) is 66.6 Å². The van der Waals surface area contributed by atoms with Crippen LogP contribution < -0.4 is 5.73 Å². The zero-order valence-electron chi connectivity index (χ0n) is 10.8. The summed E-state index contributed by atoms with van der Waals surface area (Å²) < 4.78 is 26.5. The van der Waals surface area contributed by atoms with Gasteiger partial charge in [0.05, 0.1) is 0 Å². The molecule has 0 unspecified atom stereocenters. The molecule has 0 spiro atoms. The van der Waals surface area contributed by atoms with Crippen molar-refractivity contribution in [3.05, 3.63) is 59.7 Å². The van der Waals surface area contributed by atoms with Crippen molar-refractivity contribution in [1.82, 2.24) is 4.98 Å². The van der Waals surface area contributed by atoms with E-state index in [1.54, 1.807) is 18.2 Å². The van der Waals surface area contributed by atoms with Crippen LogP contribution in [0.3, 0.4) is 0 Å². The fourth-order valence-corrected chi connectivity index (χ4v) is 2.49. The van der Waals surface area contributed by atoms with Crippen LogP contribution in [0.1, 0.15) is 5.56 Å². The molecule has 102 valence electrons. The van der Waals surface area contributed by atoms with Gasteiger partial charge < -0.3 is 10.7 Å². The Morgan fingerprint density at radius 3 is 2.35 bits per heavy atom. The number of hydrogen-bond acceptors (Lipinski definition) is 1. The number of fused-ring (bicyclic) bond motifs is 1. The SMILES string of the molecule is NCCc1c(-c2ccc(F)cc2)[nH]c2ccc(F)cc12. The van der Waals surface area contributed by atoms with Crippen LogP contribution in [0.4, 0.5) is 8.78 Å². The first-order chi connectivity index (χ1) is 9.69. The lowest BCUT2D eigenvalue weighted by molar-refractivity contribution is 0.628. The summed E-state index contributed by atoms with van der Waals surface area (Å²) in [5.41, 5.74) is 9.21. The number of halogens is 2. The van der Waals surface area contributed by atoms with Crippen molar-refractivity contribution in [2.75, 3.05) is 6.54 Å². The van der Waals surface area contributed by atoms with Crippen LogP contribution in [0.15, 0.2) is 42.5 Å². The number of aromatic nitrogens is 1. The molecule has 3 N–H and O–H groups in total. The normalized spacial score (nSPS) is 11.2. The van der Waals surface area contributed by atoms with E-state index in [4.69, 9.17) is 5.73 Å². The second kappa shape index (κ2) is 5.06. The number of H-pyrrole nitrogens is 1. The first kappa shape index (κ1) is 12.8. The smallest absolute Gasteiger partial charge is 0.123 e. The van der Waals surface area contributed by atoms with E-state index < -0.39 is 0 Å². The zero-order valence-corrected chi connectivity index (χ0v) is 10.8. The standard InChI is InChI=1S/C16H14F2N2/c17-11-3-1-10(2-4-11)16-13(7-8-19)14-9-12(18)5-6-15(14)20-16/h1-6,9,20H,7-8,19H2. The second-order valence-electron chi connectivity index (χ2n) is 4.71. The van der Waals surface area contributed by atoms with E-state index in [2.05, 4.69) is 4.98 Å². The van der Waals surface area contributed by atoms with E-state index in [0.717, 1.165) is 27.7 Å². The van der Waals surface area contributed by atoms with Crippen LogP contribution in [-0.4, -0.2) is 11.5 Å². The monoisotopic (exact) mass is 272 g/mol. The van der Waals surface area contributed by atoms with Gasteiger partial charge in [0.15, 0.2) is 0 Å². The Hall–Kier alpha value is -2.20. The molecule has 3 aromatic rings. The van der Waals surface area contributed by atoms with E-state index in [9.17, 15) is 8.78 Å². The predicted molar refractivity (Wildman–Crippen MR) is 76.4 cm³/mol. The van der Waals surface area contributed by atoms with Crippen LogP contribution in [0.2, 0.25) is 0 Å². The third-order valence-corrected chi connectivity index (χ3v) is 3.40. The van der Waals surface area contributed by atoms with Gasteiger partial charge in [0.1, 0.15) is 11.6 Å². The van der Waals surface area contributed by atoms with Crippen molar-refractivity contribution < 1.29 is 8.78 Å². The molecule has 20 heavy (non-hydrogen) atoms. The highest BCUT2D eigenvalue weighted by molar-refractivity contribution is 5.90. The van der Waals surface area contributed by atoms with E-state index >= 15 is 0 Å². The van der Waals surface area contributed by atoms with E-state index in [-0.39, 0.29) is 11.6 Å². The number of hydrogen-bond donors (Lipinski definition) is 2. The van der Waals surface area contributed by atoms with Gasteiger partial charge in [-0.2, -0.15) is 0 Å². The molecule has 0 atom stereocenters. The zero-order chi connectivity index (χ0) is 14.1. The number of nitrogens with one attached hydrogen (secondary N) is 1. The molecule has 1 aromatic heterocycles. The van der Waals surface area contributed by atoms with Gasteiger partial charge in [-0.25, -0.2) is 8.78 Å². The maximum atomic E-state index is 13.4. The van der Waals surface area contributed by atoms with Crippen LogP contribution in [0, 0.1) is 11.6 Å². The first-order valence-electron chi connectivity index (χ1n) is 6.45. The lowest BCUT2D eigenvalue weighted by atomic mass is 10.0. The van der Waals surface area contributed by atoms with Crippen molar-refractivity contribution in [3.63, 3.8) is 0 Å². The molecule has 0 amide bonds. The summed E-state index contributed by atoms with van der Waals surface area (Å²) in [4.78, 5) is 3.27. The van der Waals surface area contributed by atoms with Crippen LogP contribution in [0.25, 0.3) is 22.2 Å². The quantitative estimate of drug-likeness (QED) is 0.751. The Kier molecular flexibility index (Phi) is 3.24. The molecular formula is C16H14F2N2. The first-order valence-corrected chi connectivity index (χ1v) is 6.45. The third-order valence-electron chi connectivity index (χ3n) is 3.40. The highest BCUT2D eigenvalue weighted by Crippen LogP contribution is 2.31. The van der Waals surface area contributed by atoms with Gasteiger partial charge in [0.25, 0.3) is 0 Å². The van der Waals surface area contributed by atoms with Gasteiger partial charge >= 0.3 is 0 Å². The lowest BCUT2D eigenvalue weighted by Gasteiger charge is -2.04. The summed E-state index contributed by atoms with van der Waals surface area (Å²) in [6, 6.07) is 10.9. The van der Waals surface area contributed by atoms with Gasteiger partial charge in [-0.15, -0.1) is 0 Å². The van der Waals surface area contributed by atoms with Gasteiger partial charge in [0, 0.05) is 16.6 Å². The van der Waals surface area contributed by atoms with Crippen LogP contribution in [0.5, 0.6) is 0 Å². The molecule has 0 bridgehead atoms. The molecule has 2 aromatic carbocycles.